The van der Waals surface area contributed by atoms with Gasteiger partial charge in [-0.15, -0.1) is 0 Å². The minimum atomic E-state index is 0.228. The standard InChI is InChI=1S/C28H26BBr/c1-19-7-5-8-20(2)27(19)29(28-21(3)9-6-10-22(28)4)25-15-11-23(12-16-25)24-13-17-26(30)18-14-24/h5-18H,1-4H3. The Labute approximate surface area is 189 Å². The molecule has 0 bridgehead atoms. The summed E-state index contributed by atoms with van der Waals surface area (Å²) in [7, 11) is 0. The number of hydrogen-bond donors (Lipinski definition) is 0. The monoisotopic (exact) mass is 452 g/mol. The van der Waals surface area contributed by atoms with Crippen molar-refractivity contribution in [2.45, 2.75) is 27.7 Å². The predicted octanol–water partition coefficient (Wildman–Crippen LogP) is 5.87. The number of halogens is 1. The first-order valence-corrected chi connectivity index (χ1v) is 11.2. The van der Waals surface area contributed by atoms with Crippen LogP contribution in [0.25, 0.3) is 11.1 Å². The van der Waals surface area contributed by atoms with E-state index in [0.29, 0.717) is 0 Å². The summed E-state index contributed by atoms with van der Waals surface area (Å²) in [4.78, 5) is 0. The van der Waals surface area contributed by atoms with Gasteiger partial charge in [0, 0.05) is 4.47 Å². The molecule has 0 fully saturated rings. The van der Waals surface area contributed by atoms with Crippen molar-refractivity contribution in [1.29, 1.82) is 0 Å². The topological polar surface area (TPSA) is 0 Å². The Balaban J connectivity index is 1.87. The van der Waals surface area contributed by atoms with Gasteiger partial charge in [-0.25, -0.2) is 0 Å². The zero-order valence-electron chi connectivity index (χ0n) is 18.0. The van der Waals surface area contributed by atoms with E-state index in [9.17, 15) is 0 Å². The van der Waals surface area contributed by atoms with E-state index in [1.165, 1.54) is 49.8 Å². The van der Waals surface area contributed by atoms with Gasteiger partial charge in [0.1, 0.15) is 0 Å². The third kappa shape index (κ3) is 4.02. The maximum atomic E-state index is 3.53. The summed E-state index contributed by atoms with van der Waals surface area (Å²) in [6, 6.07) is 30.9. The molecule has 0 N–H and O–H groups in total. The van der Waals surface area contributed by atoms with Crippen molar-refractivity contribution < 1.29 is 0 Å². The van der Waals surface area contributed by atoms with Gasteiger partial charge in [0.25, 0.3) is 0 Å². The van der Waals surface area contributed by atoms with Gasteiger partial charge in [-0.2, -0.15) is 0 Å². The quantitative estimate of drug-likeness (QED) is 0.340. The van der Waals surface area contributed by atoms with E-state index in [1.54, 1.807) is 0 Å². The fourth-order valence-electron chi connectivity index (χ4n) is 4.55. The van der Waals surface area contributed by atoms with Crippen LogP contribution in [-0.2, 0) is 0 Å². The molecule has 4 aromatic carbocycles. The lowest BCUT2D eigenvalue weighted by molar-refractivity contribution is 1.41. The van der Waals surface area contributed by atoms with E-state index in [0.717, 1.165) is 4.47 Å². The van der Waals surface area contributed by atoms with Crippen LogP contribution in [0.4, 0.5) is 0 Å². The summed E-state index contributed by atoms with van der Waals surface area (Å²) in [5.41, 5.74) is 12.1. The lowest BCUT2D eigenvalue weighted by atomic mass is 9.34. The molecule has 0 aliphatic carbocycles. The van der Waals surface area contributed by atoms with Crippen LogP contribution in [0.3, 0.4) is 0 Å². The lowest BCUT2D eigenvalue weighted by Gasteiger charge is -2.23. The molecule has 2 heteroatoms. The Bertz CT molecular complexity index is 1080. The summed E-state index contributed by atoms with van der Waals surface area (Å²) in [6.07, 6.45) is 0. The molecule has 0 unspecified atom stereocenters. The highest BCUT2D eigenvalue weighted by Gasteiger charge is 2.27. The normalized spacial score (nSPS) is 10.8. The van der Waals surface area contributed by atoms with Crippen molar-refractivity contribution >= 4 is 39.0 Å². The molecule has 0 aliphatic heterocycles. The summed E-state index contributed by atoms with van der Waals surface area (Å²) >= 11 is 3.53. The van der Waals surface area contributed by atoms with Crippen molar-refractivity contribution in [3.8, 4) is 11.1 Å². The second kappa shape index (κ2) is 8.66. The Morgan fingerprint density at radius 2 is 0.867 bits per heavy atom. The third-order valence-corrected chi connectivity index (χ3v) is 6.61. The maximum absolute atomic E-state index is 3.53. The molecule has 4 rings (SSSR count). The molecule has 0 radical (unpaired) electrons. The second-order valence-electron chi connectivity index (χ2n) is 8.17. The molecule has 4 aromatic rings. The highest BCUT2D eigenvalue weighted by atomic mass is 79.9. The summed E-state index contributed by atoms with van der Waals surface area (Å²) in [5, 5.41) is 0. The average Bonchev–Trinajstić information content (AvgIpc) is 2.73. The minimum absolute atomic E-state index is 0.228. The predicted molar refractivity (Wildman–Crippen MR) is 136 cm³/mol. The zero-order valence-corrected chi connectivity index (χ0v) is 19.6. The maximum Gasteiger partial charge on any atom is 0.242 e. The van der Waals surface area contributed by atoms with Gasteiger partial charge in [-0.1, -0.05) is 127 Å². The van der Waals surface area contributed by atoms with E-state index in [4.69, 9.17) is 0 Å². The summed E-state index contributed by atoms with van der Waals surface area (Å²) in [6.45, 7) is 9.17. The number of hydrogen-bond acceptors (Lipinski definition) is 0. The van der Waals surface area contributed by atoms with Crippen LogP contribution in [0.2, 0.25) is 0 Å². The van der Waals surface area contributed by atoms with Crippen LogP contribution in [0.5, 0.6) is 0 Å². The average molecular weight is 453 g/mol. The van der Waals surface area contributed by atoms with Gasteiger partial charge in [0.15, 0.2) is 0 Å². The van der Waals surface area contributed by atoms with E-state index in [1.807, 2.05) is 0 Å². The molecule has 0 aromatic heterocycles. The Morgan fingerprint density at radius 3 is 1.27 bits per heavy atom. The van der Waals surface area contributed by atoms with Gasteiger partial charge in [0.05, 0.1) is 0 Å². The van der Waals surface area contributed by atoms with Crippen LogP contribution in [0.1, 0.15) is 22.3 Å². The lowest BCUT2D eigenvalue weighted by Crippen LogP contribution is -2.55. The van der Waals surface area contributed by atoms with E-state index < -0.39 is 0 Å². The number of aryl methyl sites for hydroxylation is 4. The summed E-state index contributed by atoms with van der Waals surface area (Å²) in [5.74, 6) is 0. The van der Waals surface area contributed by atoms with Gasteiger partial charge in [0.2, 0.25) is 6.71 Å². The molecular weight excluding hydrogens is 427 g/mol. The Kier molecular flexibility index (Phi) is 5.97. The molecule has 30 heavy (non-hydrogen) atoms. The van der Waals surface area contributed by atoms with Crippen LogP contribution >= 0.6 is 15.9 Å². The molecule has 0 saturated heterocycles. The van der Waals surface area contributed by atoms with Gasteiger partial charge in [-0.3, -0.25) is 0 Å². The molecule has 0 nitrogen and oxygen atoms in total. The Hall–Kier alpha value is -2.58. The smallest absolute Gasteiger partial charge is 0.0686 e. The van der Waals surface area contributed by atoms with Crippen molar-refractivity contribution in [3.63, 3.8) is 0 Å². The minimum Gasteiger partial charge on any atom is -0.0686 e. The molecule has 148 valence electrons. The molecule has 0 atom stereocenters. The first-order chi connectivity index (χ1) is 14.5. The van der Waals surface area contributed by atoms with Gasteiger partial charge in [-0.05, 0) is 51.0 Å². The number of benzene rings is 4. The zero-order chi connectivity index (χ0) is 21.3. The van der Waals surface area contributed by atoms with Crippen LogP contribution < -0.4 is 16.4 Å². The second-order valence-corrected chi connectivity index (χ2v) is 9.09. The molecule has 0 amide bonds. The fourth-order valence-corrected chi connectivity index (χ4v) is 4.82. The fraction of sp³-hybridized carbons (Fsp3) is 0.143. The van der Waals surface area contributed by atoms with Crippen molar-refractivity contribution in [3.05, 3.63) is 112 Å². The number of rotatable bonds is 4. The molecule has 0 spiro atoms. The highest BCUT2D eigenvalue weighted by Crippen LogP contribution is 2.21. The first kappa shape index (κ1) is 20.7. The third-order valence-electron chi connectivity index (χ3n) is 6.08. The van der Waals surface area contributed by atoms with E-state index in [-0.39, 0.29) is 6.71 Å². The first-order valence-electron chi connectivity index (χ1n) is 10.4. The summed E-state index contributed by atoms with van der Waals surface area (Å²) < 4.78 is 1.10. The van der Waals surface area contributed by atoms with Crippen LogP contribution in [0, 0.1) is 27.7 Å². The molecular formula is C28H26BBr. The Morgan fingerprint density at radius 1 is 0.500 bits per heavy atom. The van der Waals surface area contributed by atoms with Gasteiger partial charge >= 0.3 is 0 Å². The van der Waals surface area contributed by atoms with E-state index >= 15 is 0 Å². The SMILES string of the molecule is Cc1cccc(C)c1B(c1ccc(-c2ccc(Br)cc2)cc1)c1c(C)cccc1C. The highest BCUT2D eigenvalue weighted by molar-refractivity contribution is 9.10. The van der Waals surface area contributed by atoms with Crippen molar-refractivity contribution in [2.75, 3.05) is 0 Å². The molecule has 0 saturated carbocycles. The van der Waals surface area contributed by atoms with Crippen LogP contribution in [-0.4, -0.2) is 6.71 Å². The van der Waals surface area contributed by atoms with E-state index in [2.05, 4.69) is 129 Å². The van der Waals surface area contributed by atoms with Crippen molar-refractivity contribution in [1.82, 2.24) is 0 Å². The molecule has 0 aliphatic rings. The molecule has 0 heterocycles. The van der Waals surface area contributed by atoms with Crippen molar-refractivity contribution in [2.24, 2.45) is 0 Å². The largest absolute Gasteiger partial charge is 0.242 e. The van der Waals surface area contributed by atoms with Gasteiger partial charge < -0.3 is 0 Å². The van der Waals surface area contributed by atoms with Crippen LogP contribution in [0.15, 0.2) is 89.4 Å².